The summed E-state index contributed by atoms with van der Waals surface area (Å²) < 4.78 is 14.0. The van der Waals surface area contributed by atoms with E-state index < -0.39 is 6.88 Å². The van der Waals surface area contributed by atoms with Crippen LogP contribution in [0.15, 0.2) is 30.3 Å². The van der Waals surface area contributed by atoms with Gasteiger partial charge in [-0.3, -0.25) is 0 Å². The largest absolute Gasteiger partial charge is 0.0651 e. The molecule has 0 N–H and O–H groups in total. The second kappa shape index (κ2) is 3.29. The summed E-state index contributed by atoms with van der Waals surface area (Å²) in [6.07, 6.45) is 1.47. The molecule has 48 valence electrons. The molecule has 1 rings (SSSR count). The highest BCUT2D eigenvalue weighted by Crippen LogP contribution is 2.00. The van der Waals surface area contributed by atoms with Gasteiger partial charge in [-0.25, -0.2) is 0 Å². The summed E-state index contributed by atoms with van der Waals surface area (Å²) in [4.78, 5) is 0. The van der Waals surface area contributed by atoms with Gasteiger partial charge in [0.25, 0.3) is 0 Å². The van der Waals surface area contributed by atoms with Crippen molar-refractivity contribution in [3.8, 4) is 0 Å². The van der Waals surface area contributed by atoms with Gasteiger partial charge < -0.3 is 0 Å². The van der Waals surface area contributed by atoms with Gasteiger partial charge in [0.05, 0.1) is 0 Å². The Morgan fingerprint density at radius 3 is 2.78 bits per heavy atom. The monoisotopic (exact) mass is 122 g/mol. The summed E-state index contributed by atoms with van der Waals surface area (Å²) in [5.74, 6) is 0. The van der Waals surface area contributed by atoms with Crippen molar-refractivity contribution in [2.24, 2.45) is 0 Å². The summed E-state index contributed by atoms with van der Waals surface area (Å²) in [6.45, 7) is -0.685. The molecule has 0 spiro atoms. The zero-order valence-corrected chi connectivity index (χ0v) is 5.38. The smallest absolute Gasteiger partial charge is 0.0230 e. The summed E-state index contributed by atoms with van der Waals surface area (Å²) in [6, 6.07) is 10.0. The maximum Gasteiger partial charge on any atom is 0.0230 e. The second-order valence-electron chi connectivity index (χ2n) is 2.02. The fourth-order valence-electron chi connectivity index (χ4n) is 0.811. The molecule has 0 saturated carbocycles. The molecule has 0 aromatic heterocycles. The highest BCUT2D eigenvalue weighted by Gasteiger charge is 1.84. The van der Waals surface area contributed by atoms with Crippen molar-refractivity contribution in [1.29, 1.82) is 0 Å². The van der Waals surface area contributed by atoms with Crippen molar-refractivity contribution >= 4 is 0 Å². The maximum atomic E-state index is 6.99. The Morgan fingerprint density at radius 2 is 2.11 bits per heavy atom. The van der Waals surface area contributed by atoms with Crippen LogP contribution in [0.3, 0.4) is 0 Å². The van der Waals surface area contributed by atoms with Crippen molar-refractivity contribution in [2.75, 3.05) is 0 Å². The third-order valence-electron chi connectivity index (χ3n) is 1.28. The Balaban J connectivity index is 2.39. The topological polar surface area (TPSA) is 0 Å². The molecule has 0 atom stereocenters. The van der Waals surface area contributed by atoms with Crippen LogP contribution in [0.5, 0.6) is 0 Å². The first kappa shape index (κ1) is 4.10. The molecule has 0 unspecified atom stereocenters. The molecule has 0 fully saturated rings. The number of benzene rings is 1. The third kappa shape index (κ3) is 1.88. The number of rotatable bonds is 2. The van der Waals surface area contributed by atoms with Crippen LogP contribution in [-0.4, -0.2) is 0 Å². The highest BCUT2D eigenvalue weighted by atomic mass is 13.9. The van der Waals surface area contributed by atoms with Crippen LogP contribution < -0.4 is 0 Å². The van der Waals surface area contributed by atoms with Crippen molar-refractivity contribution in [3.05, 3.63) is 35.9 Å². The van der Waals surface area contributed by atoms with E-state index in [1.807, 2.05) is 30.3 Å². The number of hydrogen-bond donors (Lipinski definition) is 0. The average molecular weight is 122 g/mol. The van der Waals surface area contributed by atoms with Crippen LogP contribution in [0, 0.1) is 0 Å². The Kier molecular flexibility index (Phi) is 1.50. The lowest BCUT2D eigenvalue weighted by Gasteiger charge is -1.93. The highest BCUT2D eigenvalue weighted by molar-refractivity contribution is 5.14. The molecule has 0 bridgehead atoms. The van der Waals surface area contributed by atoms with Gasteiger partial charge in [-0.15, -0.1) is 0 Å². The fraction of sp³-hybridized carbons (Fsp3) is 0.333. The molecule has 0 radical (unpaired) electrons. The van der Waals surface area contributed by atoms with E-state index in [2.05, 4.69) is 0 Å². The quantitative estimate of drug-likeness (QED) is 0.565. The Hall–Kier alpha value is -0.780. The lowest BCUT2D eigenvalue weighted by Crippen LogP contribution is -1.78. The van der Waals surface area contributed by atoms with E-state index in [4.69, 9.17) is 2.74 Å². The first-order chi connectivity index (χ1) is 5.29. The molecule has 0 aliphatic rings. The van der Waals surface area contributed by atoms with Crippen LogP contribution >= 0.6 is 0 Å². The van der Waals surface area contributed by atoms with Gasteiger partial charge >= 0.3 is 0 Å². The molecule has 0 amide bonds. The third-order valence-corrected chi connectivity index (χ3v) is 1.28. The predicted octanol–water partition coefficient (Wildman–Crippen LogP) is 2.64. The van der Waals surface area contributed by atoms with E-state index in [0.717, 1.165) is 6.42 Å². The molecule has 1 aromatic carbocycles. The van der Waals surface area contributed by atoms with Crippen LogP contribution in [0.25, 0.3) is 0 Å². The van der Waals surface area contributed by atoms with Crippen molar-refractivity contribution < 1.29 is 2.74 Å². The first-order valence-electron chi connectivity index (χ1n) is 4.33. The molecular formula is C9H12. The van der Waals surface area contributed by atoms with E-state index in [1.165, 1.54) is 5.56 Å². The van der Waals surface area contributed by atoms with Crippen molar-refractivity contribution in [3.63, 3.8) is 0 Å². The molecule has 1 aromatic rings. The average Bonchev–Trinajstić information content (AvgIpc) is 2.03. The van der Waals surface area contributed by atoms with Crippen LogP contribution in [0.4, 0.5) is 0 Å². The van der Waals surface area contributed by atoms with Gasteiger partial charge in [0.2, 0.25) is 0 Å². The summed E-state index contributed by atoms with van der Waals surface area (Å²) in [5, 5.41) is 0. The molecule has 0 heterocycles. The van der Waals surface area contributed by atoms with Gasteiger partial charge in [-0.2, -0.15) is 0 Å². The zero-order valence-electron chi connectivity index (χ0n) is 7.38. The Bertz CT molecular complexity index is 194. The Morgan fingerprint density at radius 1 is 1.33 bits per heavy atom. The molecule has 0 saturated heterocycles. The van der Waals surface area contributed by atoms with Gasteiger partial charge in [0.15, 0.2) is 0 Å². The minimum absolute atomic E-state index is 0.629. The van der Waals surface area contributed by atoms with E-state index >= 15 is 0 Å². The van der Waals surface area contributed by atoms with E-state index in [0.29, 0.717) is 6.42 Å². The maximum absolute atomic E-state index is 6.99. The summed E-state index contributed by atoms with van der Waals surface area (Å²) in [7, 11) is 0. The second-order valence-corrected chi connectivity index (χ2v) is 2.02. The summed E-state index contributed by atoms with van der Waals surface area (Å²) in [5.41, 5.74) is 1.22. The molecular weight excluding hydrogens is 108 g/mol. The normalized spacial score (nSPS) is 13.0. The minimum atomic E-state index is -0.685. The van der Waals surface area contributed by atoms with Crippen molar-refractivity contribution in [2.45, 2.75) is 19.7 Å². The Labute approximate surface area is 59.3 Å². The van der Waals surface area contributed by atoms with Crippen LogP contribution in [0.2, 0.25) is 0 Å². The number of hydrogen-bond acceptors (Lipinski definition) is 0. The first-order valence-corrected chi connectivity index (χ1v) is 3.17. The zero-order chi connectivity index (χ0) is 8.10. The molecule has 0 heteroatoms. The van der Waals surface area contributed by atoms with Crippen molar-refractivity contribution in [1.82, 2.24) is 0 Å². The fourth-order valence-corrected chi connectivity index (χ4v) is 0.811. The molecule has 0 aliphatic carbocycles. The standard InChI is InChI=1S/C9H12/c1-2-6-9-7-4-3-5-8-9/h3-5,7-8H,2,6H2,1H3/i1D2. The van der Waals surface area contributed by atoms with E-state index in [9.17, 15) is 0 Å². The molecule has 9 heavy (non-hydrogen) atoms. The van der Waals surface area contributed by atoms with Gasteiger partial charge in [-0.1, -0.05) is 43.6 Å². The number of aryl methyl sites for hydroxylation is 1. The summed E-state index contributed by atoms with van der Waals surface area (Å²) >= 11 is 0. The molecule has 0 nitrogen and oxygen atoms in total. The SMILES string of the molecule is [2H]C([2H])CCc1ccccc1. The van der Waals surface area contributed by atoms with Crippen LogP contribution in [0.1, 0.15) is 21.6 Å². The van der Waals surface area contributed by atoms with Gasteiger partial charge in [0, 0.05) is 2.74 Å². The molecule has 0 aliphatic heterocycles. The lowest BCUT2D eigenvalue weighted by atomic mass is 10.1. The minimum Gasteiger partial charge on any atom is -0.0651 e. The van der Waals surface area contributed by atoms with E-state index in [1.54, 1.807) is 0 Å². The van der Waals surface area contributed by atoms with Gasteiger partial charge in [-0.05, 0) is 12.0 Å². The van der Waals surface area contributed by atoms with Gasteiger partial charge in [0.1, 0.15) is 0 Å². The lowest BCUT2D eigenvalue weighted by molar-refractivity contribution is 0.922. The van der Waals surface area contributed by atoms with Crippen LogP contribution in [-0.2, 0) is 6.42 Å². The van der Waals surface area contributed by atoms with E-state index in [-0.39, 0.29) is 0 Å². The predicted molar refractivity (Wildman–Crippen MR) is 40.4 cm³/mol.